The summed E-state index contributed by atoms with van der Waals surface area (Å²) >= 11 is 0. The van der Waals surface area contributed by atoms with Gasteiger partial charge in [0.1, 0.15) is 0 Å². The van der Waals surface area contributed by atoms with Gasteiger partial charge in [0.05, 0.1) is 6.61 Å². The molecule has 0 aliphatic heterocycles. The normalized spacial score (nSPS) is 27.1. The molecule has 94 valence electrons. The number of rotatable bonds is 6. The molecule has 1 fully saturated rings. The third-order valence-corrected chi connectivity index (χ3v) is 3.38. The highest BCUT2D eigenvalue weighted by Gasteiger charge is 2.16. The van der Waals surface area contributed by atoms with Gasteiger partial charge in [0, 0.05) is 20.2 Å². The third kappa shape index (κ3) is 5.66. The first-order valence-electron chi connectivity index (χ1n) is 6.59. The van der Waals surface area contributed by atoms with Crippen molar-refractivity contribution < 1.29 is 4.74 Å². The summed E-state index contributed by atoms with van der Waals surface area (Å²) in [6.45, 7) is 7.37. The van der Waals surface area contributed by atoms with E-state index in [1.807, 2.05) is 0 Å². The molecule has 0 bridgehead atoms. The van der Waals surface area contributed by atoms with Gasteiger partial charge in [-0.15, -0.1) is 0 Å². The lowest BCUT2D eigenvalue weighted by Gasteiger charge is -2.24. The maximum absolute atomic E-state index is 5.01. The van der Waals surface area contributed by atoms with Gasteiger partial charge in [0.2, 0.25) is 0 Å². The number of methoxy groups -OCH3 is 1. The van der Waals surface area contributed by atoms with Crippen molar-refractivity contribution in [3.05, 3.63) is 11.6 Å². The van der Waals surface area contributed by atoms with E-state index in [9.17, 15) is 0 Å². The van der Waals surface area contributed by atoms with E-state index in [0.29, 0.717) is 0 Å². The van der Waals surface area contributed by atoms with E-state index >= 15 is 0 Å². The van der Waals surface area contributed by atoms with Gasteiger partial charge < -0.3 is 10.1 Å². The van der Waals surface area contributed by atoms with Gasteiger partial charge in [-0.1, -0.05) is 31.4 Å². The zero-order valence-corrected chi connectivity index (χ0v) is 11.1. The van der Waals surface area contributed by atoms with Crippen LogP contribution in [0.1, 0.15) is 39.5 Å². The fraction of sp³-hybridized carbons (Fsp3) is 0.857. The molecule has 2 nitrogen and oxygen atoms in total. The van der Waals surface area contributed by atoms with Crippen LogP contribution in [0.25, 0.3) is 0 Å². The van der Waals surface area contributed by atoms with Crippen LogP contribution in [0.3, 0.4) is 0 Å². The molecule has 0 aromatic carbocycles. The minimum absolute atomic E-state index is 0.799. The predicted molar refractivity (Wildman–Crippen MR) is 69.6 cm³/mol. The van der Waals surface area contributed by atoms with Gasteiger partial charge in [-0.05, 0) is 31.6 Å². The van der Waals surface area contributed by atoms with Crippen molar-refractivity contribution in [3.8, 4) is 0 Å². The van der Waals surface area contributed by atoms with Gasteiger partial charge in [-0.25, -0.2) is 0 Å². The Morgan fingerprint density at radius 2 is 2.25 bits per heavy atom. The number of hydrogen-bond acceptors (Lipinski definition) is 2. The average molecular weight is 225 g/mol. The lowest BCUT2D eigenvalue weighted by molar-refractivity contribution is 0.200. The molecule has 0 aromatic heterocycles. The summed E-state index contributed by atoms with van der Waals surface area (Å²) in [5.74, 6) is 1.75. The van der Waals surface area contributed by atoms with Crippen molar-refractivity contribution >= 4 is 0 Å². The van der Waals surface area contributed by atoms with Crippen LogP contribution in [0.2, 0.25) is 0 Å². The molecule has 0 spiro atoms. The Morgan fingerprint density at radius 1 is 1.44 bits per heavy atom. The molecule has 0 heterocycles. The molecular formula is C14H27NO. The molecule has 2 unspecified atom stereocenters. The molecule has 0 radical (unpaired) electrons. The van der Waals surface area contributed by atoms with Crippen molar-refractivity contribution in [2.24, 2.45) is 11.8 Å². The third-order valence-electron chi connectivity index (χ3n) is 3.38. The van der Waals surface area contributed by atoms with Gasteiger partial charge in [0.15, 0.2) is 0 Å². The van der Waals surface area contributed by atoms with Crippen molar-refractivity contribution in [2.75, 3.05) is 26.8 Å². The summed E-state index contributed by atoms with van der Waals surface area (Å²) in [7, 11) is 1.74. The van der Waals surface area contributed by atoms with Crippen molar-refractivity contribution in [3.63, 3.8) is 0 Å². The SMILES string of the molecule is COCCNC/C(C)=C/C1CCCC(C)C1. The van der Waals surface area contributed by atoms with Crippen molar-refractivity contribution in [1.82, 2.24) is 5.32 Å². The van der Waals surface area contributed by atoms with Crippen LogP contribution < -0.4 is 5.32 Å². The first kappa shape index (κ1) is 13.7. The molecule has 0 aromatic rings. The number of ether oxygens (including phenoxy) is 1. The summed E-state index contributed by atoms with van der Waals surface area (Å²) in [4.78, 5) is 0. The van der Waals surface area contributed by atoms with E-state index in [4.69, 9.17) is 4.74 Å². The maximum Gasteiger partial charge on any atom is 0.0587 e. The second kappa shape index (κ2) is 7.86. The zero-order chi connectivity index (χ0) is 11.8. The molecule has 1 aliphatic rings. The van der Waals surface area contributed by atoms with Crippen LogP contribution in [0.5, 0.6) is 0 Å². The van der Waals surface area contributed by atoms with E-state index in [2.05, 4.69) is 25.2 Å². The maximum atomic E-state index is 5.01. The number of allylic oxidation sites excluding steroid dienone is 1. The monoisotopic (exact) mass is 225 g/mol. The minimum Gasteiger partial charge on any atom is -0.383 e. The van der Waals surface area contributed by atoms with Crippen LogP contribution >= 0.6 is 0 Å². The van der Waals surface area contributed by atoms with Crippen LogP contribution in [-0.2, 0) is 4.74 Å². The van der Waals surface area contributed by atoms with E-state index in [0.717, 1.165) is 31.5 Å². The highest BCUT2D eigenvalue weighted by Crippen LogP contribution is 2.29. The smallest absolute Gasteiger partial charge is 0.0587 e. The molecule has 2 heteroatoms. The zero-order valence-electron chi connectivity index (χ0n) is 11.1. The molecule has 0 amide bonds. The van der Waals surface area contributed by atoms with Crippen molar-refractivity contribution in [2.45, 2.75) is 39.5 Å². The van der Waals surface area contributed by atoms with E-state index in [1.165, 1.54) is 31.3 Å². The first-order valence-corrected chi connectivity index (χ1v) is 6.59. The Bertz CT molecular complexity index is 213. The molecule has 1 aliphatic carbocycles. The van der Waals surface area contributed by atoms with E-state index in [1.54, 1.807) is 7.11 Å². The first-order chi connectivity index (χ1) is 7.72. The van der Waals surface area contributed by atoms with Gasteiger partial charge in [-0.2, -0.15) is 0 Å². The fourth-order valence-electron chi connectivity index (χ4n) is 2.55. The highest BCUT2D eigenvalue weighted by atomic mass is 16.5. The predicted octanol–water partition coefficient (Wildman–Crippen LogP) is 3.00. The van der Waals surface area contributed by atoms with E-state index < -0.39 is 0 Å². The number of nitrogens with one attached hydrogen (secondary N) is 1. The highest BCUT2D eigenvalue weighted by molar-refractivity contribution is 5.04. The van der Waals surface area contributed by atoms with Crippen molar-refractivity contribution in [1.29, 1.82) is 0 Å². The molecule has 2 atom stereocenters. The summed E-state index contributed by atoms with van der Waals surface area (Å²) in [6.07, 6.45) is 8.09. The van der Waals surface area contributed by atoms with Gasteiger partial charge >= 0.3 is 0 Å². The largest absolute Gasteiger partial charge is 0.383 e. The van der Waals surface area contributed by atoms with Gasteiger partial charge in [-0.3, -0.25) is 0 Å². The Balaban J connectivity index is 2.20. The molecule has 1 rings (SSSR count). The van der Waals surface area contributed by atoms with Gasteiger partial charge in [0.25, 0.3) is 0 Å². The Morgan fingerprint density at radius 3 is 2.94 bits per heavy atom. The van der Waals surface area contributed by atoms with E-state index in [-0.39, 0.29) is 0 Å². The summed E-state index contributed by atoms with van der Waals surface area (Å²) in [5.41, 5.74) is 1.48. The molecule has 0 saturated heterocycles. The molecule has 16 heavy (non-hydrogen) atoms. The Labute approximate surface area is 100 Å². The molecule has 1 N–H and O–H groups in total. The van der Waals surface area contributed by atoms with Crippen LogP contribution in [0.15, 0.2) is 11.6 Å². The summed E-state index contributed by atoms with van der Waals surface area (Å²) < 4.78 is 5.01. The fourth-order valence-corrected chi connectivity index (χ4v) is 2.55. The Kier molecular flexibility index (Phi) is 6.74. The van der Waals surface area contributed by atoms with Crippen LogP contribution in [-0.4, -0.2) is 26.8 Å². The average Bonchev–Trinajstić information content (AvgIpc) is 2.24. The van der Waals surface area contributed by atoms with Crippen LogP contribution in [0.4, 0.5) is 0 Å². The summed E-state index contributed by atoms with van der Waals surface area (Å²) in [5, 5.41) is 3.39. The second-order valence-electron chi connectivity index (χ2n) is 5.21. The topological polar surface area (TPSA) is 21.3 Å². The lowest BCUT2D eigenvalue weighted by atomic mass is 9.82. The lowest BCUT2D eigenvalue weighted by Crippen LogP contribution is -2.21. The second-order valence-corrected chi connectivity index (χ2v) is 5.21. The number of hydrogen-bond donors (Lipinski definition) is 1. The quantitative estimate of drug-likeness (QED) is 0.554. The summed E-state index contributed by atoms with van der Waals surface area (Å²) in [6, 6.07) is 0. The minimum atomic E-state index is 0.799. The molecular weight excluding hydrogens is 198 g/mol. The standard InChI is InChI=1S/C14H27NO/c1-12-5-4-6-14(9-12)10-13(2)11-15-7-8-16-3/h10,12,14-15H,4-9,11H2,1-3H3/b13-10+. The van der Waals surface area contributed by atoms with Crippen LogP contribution in [0, 0.1) is 11.8 Å². The molecule has 1 saturated carbocycles. The Hall–Kier alpha value is -0.340.